The highest BCUT2D eigenvalue weighted by Gasteiger charge is 2.41. The van der Waals surface area contributed by atoms with Gasteiger partial charge in [0.05, 0.1) is 11.1 Å². The number of aryl methyl sites for hydroxylation is 1. The molecule has 0 bridgehead atoms. The number of nitrogens with one attached hydrogen (secondary N) is 1. The molecule has 0 saturated carbocycles. The number of ether oxygens (including phenoxy) is 1. The Labute approximate surface area is 180 Å². The van der Waals surface area contributed by atoms with Crippen LogP contribution in [0.2, 0.25) is 0 Å². The van der Waals surface area contributed by atoms with E-state index in [0.717, 1.165) is 28.2 Å². The van der Waals surface area contributed by atoms with Crippen LogP contribution in [0.15, 0.2) is 73.1 Å². The minimum atomic E-state index is -0.585. The molecule has 6 heteroatoms. The van der Waals surface area contributed by atoms with Crippen LogP contribution in [0.5, 0.6) is 0 Å². The second kappa shape index (κ2) is 7.96. The first-order valence-electron chi connectivity index (χ1n) is 10.5. The molecule has 0 unspecified atom stereocenters. The van der Waals surface area contributed by atoms with Crippen molar-refractivity contribution >= 4 is 17.4 Å². The highest BCUT2D eigenvalue weighted by atomic mass is 16.5. The van der Waals surface area contributed by atoms with Gasteiger partial charge in [0, 0.05) is 42.6 Å². The zero-order chi connectivity index (χ0) is 21.3. The first-order chi connectivity index (χ1) is 15.2. The van der Waals surface area contributed by atoms with Gasteiger partial charge in [-0.2, -0.15) is 0 Å². The summed E-state index contributed by atoms with van der Waals surface area (Å²) < 4.78 is 7.53. The first-order valence-corrected chi connectivity index (χ1v) is 10.5. The lowest BCUT2D eigenvalue weighted by Crippen LogP contribution is -2.44. The number of imidazole rings is 1. The van der Waals surface area contributed by atoms with E-state index in [-0.39, 0.29) is 5.91 Å². The van der Waals surface area contributed by atoms with Crippen LogP contribution >= 0.6 is 0 Å². The van der Waals surface area contributed by atoms with Crippen LogP contribution in [0.4, 0.5) is 5.69 Å². The van der Waals surface area contributed by atoms with Crippen molar-refractivity contribution < 1.29 is 9.53 Å². The molecule has 0 aliphatic carbocycles. The van der Waals surface area contributed by atoms with E-state index in [4.69, 9.17) is 4.74 Å². The zero-order valence-electron chi connectivity index (χ0n) is 17.4. The van der Waals surface area contributed by atoms with Crippen molar-refractivity contribution in [3.05, 3.63) is 84.3 Å². The average molecular weight is 412 g/mol. The van der Waals surface area contributed by atoms with E-state index in [2.05, 4.69) is 15.3 Å². The summed E-state index contributed by atoms with van der Waals surface area (Å²) >= 11 is 0. The Kier molecular flexibility index (Phi) is 5.00. The molecule has 1 aliphatic heterocycles. The third-order valence-corrected chi connectivity index (χ3v) is 6.14. The summed E-state index contributed by atoms with van der Waals surface area (Å²) in [6.07, 6.45) is 5.02. The topological polar surface area (TPSA) is 68.5 Å². The van der Waals surface area contributed by atoms with Crippen LogP contribution in [0, 0.1) is 6.92 Å². The number of rotatable bonds is 4. The van der Waals surface area contributed by atoms with E-state index in [1.807, 2.05) is 78.2 Å². The smallest absolute Gasteiger partial charge is 0.235 e. The standard InChI is InChI=1S/C25H24N4O2/c1-18-22(28-24-26-13-6-14-29(18)24)19-7-5-10-21(17-19)27-23(30)25(11-15-31-16-12-25)20-8-3-2-4-9-20/h2-10,13-14,17H,11-12,15-16H2,1H3,(H,27,30). The van der Waals surface area contributed by atoms with Crippen molar-refractivity contribution in [2.24, 2.45) is 0 Å². The number of hydrogen-bond donors (Lipinski definition) is 1. The van der Waals surface area contributed by atoms with E-state index in [1.165, 1.54) is 0 Å². The van der Waals surface area contributed by atoms with Crippen LogP contribution in [0.25, 0.3) is 17.0 Å². The van der Waals surface area contributed by atoms with Crippen molar-refractivity contribution in [2.45, 2.75) is 25.2 Å². The molecular weight excluding hydrogens is 388 g/mol. The maximum atomic E-state index is 13.5. The predicted molar refractivity (Wildman–Crippen MR) is 120 cm³/mol. The molecule has 0 spiro atoms. The van der Waals surface area contributed by atoms with Crippen LogP contribution in [0.3, 0.4) is 0 Å². The fourth-order valence-electron chi connectivity index (χ4n) is 4.39. The number of aromatic nitrogens is 3. The van der Waals surface area contributed by atoms with Gasteiger partial charge in [-0.25, -0.2) is 9.97 Å². The van der Waals surface area contributed by atoms with Gasteiger partial charge in [0.15, 0.2) is 0 Å². The molecule has 31 heavy (non-hydrogen) atoms. The van der Waals surface area contributed by atoms with Gasteiger partial charge in [0.2, 0.25) is 11.7 Å². The molecular formula is C25H24N4O2. The number of benzene rings is 2. The quantitative estimate of drug-likeness (QED) is 0.540. The Bertz CT molecular complexity index is 1230. The monoisotopic (exact) mass is 412 g/mol. The number of fused-ring (bicyclic) bond motifs is 1. The summed E-state index contributed by atoms with van der Waals surface area (Å²) in [5.74, 6) is 0.669. The molecule has 2 aromatic heterocycles. The Morgan fingerprint density at radius 2 is 1.87 bits per heavy atom. The van der Waals surface area contributed by atoms with E-state index < -0.39 is 5.41 Å². The Morgan fingerprint density at radius 1 is 1.06 bits per heavy atom. The van der Waals surface area contributed by atoms with Crippen molar-refractivity contribution in [3.8, 4) is 11.3 Å². The van der Waals surface area contributed by atoms with Crippen LogP contribution < -0.4 is 5.32 Å². The van der Waals surface area contributed by atoms with Crippen molar-refractivity contribution in [1.82, 2.24) is 14.4 Å². The van der Waals surface area contributed by atoms with E-state index in [0.29, 0.717) is 31.8 Å². The van der Waals surface area contributed by atoms with Crippen molar-refractivity contribution in [1.29, 1.82) is 0 Å². The summed E-state index contributed by atoms with van der Waals surface area (Å²) in [6.45, 7) is 3.18. The number of nitrogens with zero attached hydrogens (tertiary/aromatic N) is 3. The van der Waals surface area contributed by atoms with E-state index >= 15 is 0 Å². The molecule has 3 heterocycles. The Morgan fingerprint density at radius 3 is 2.65 bits per heavy atom. The molecule has 1 fully saturated rings. The molecule has 1 aliphatic rings. The summed E-state index contributed by atoms with van der Waals surface area (Å²) in [6, 6.07) is 19.8. The van der Waals surface area contributed by atoms with Gasteiger partial charge in [-0.05, 0) is 43.5 Å². The molecule has 0 atom stereocenters. The maximum Gasteiger partial charge on any atom is 0.235 e. The zero-order valence-corrected chi connectivity index (χ0v) is 17.4. The summed E-state index contributed by atoms with van der Waals surface area (Å²) in [5.41, 5.74) is 4.03. The summed E-state index contributed by atoms with van der Waals surface area (Å²) in [7, 11) is 0. The molecule has 0 radical (unpaired) electrons. The fourth-order valence-corrected chi connectivity index (χ4v) is 4.39. The second-order valence-corrected chi connectivity index (χ2v) is 7.93. The van der Waals surface area contributed by atoms with Gasteiger partial charge in [-0.3, -0.25) is 9.20 Å². The highest BCUT2D eigenvalue weighted by Crippen LogP contribution is 2.36. The molecule has 1 amide bonds. The molecule has 2 aromatic carbocycles. The first kappa shape index (κ1) is 19.5. The number of carbonyl (C=O) groups is 1. The molecule has 5 rings (SSSR count). The average Bonchev–Trinajstić information content (AvgIpc) is 3.17. The SMILES string of the molecule is Cc1c(-c2cccc(NC(=O)C3(c4ccccc4)CCOCC3)c2)nc2ncccn12. The lowest BCUT2D eigenvalue weighted by Gasteiger charge is -2.36. The van der Waals surface area contributed by atoms with Crippen molar-refractivity contribution in [2.75, 3.05) is 18.5 Å². The minimum Gasteiger partial charge on any atom is -0.381 e. The third-order valence-electron chi connectivity index (χ3n) is 6.14. The third kappa shape index (κ3) is 3.49. The van der Waals surface area contributed by atoms with Gasteiger partial charge in [-0.1, -0.05) is 42.5 Å². The van der Waals surface area contributed by atoms with Gasteiger partial charge < -0.3 is 10.1 Å². The molecule has 6 nitrogen and oxygen atoms in total. The lowest BCUT2D eigenvalue weighted by molar-refractivity contribution is -0.125. The normalized spacial score (nSPS) is 15.6. The number of carbonyl (C=O) groups excluding carboxylic acids is 1. The molecule has 4 aromatic rings. The van der Waals surface area contributed by atoms with Gasteiger partial charge in [-0.15, -0.1) is 0 Å². The fraction of sp³-hybridized carbons (Fsp3) is 0.240. The van der Waals surface area contributed by atoms with E-state index in [1.54, 1.807) is 6.20 Å². The maximum absolute atomic E-state index is 13.5. The number of hydrogen-bond acceptors (Lipinski definition) is 4. The van der Waals surface area contributed by atoms with E-state index in [9.17, 15) is 4.79 Å². The second-order valence-electron chi connectivity index (χ2n) is 7.93. The lowest BCUT2D eigenvalue weighted by atomic mass is 9.73. The number of anilines is 1. The predicted octanol–water partition coefficient (Wildman–Crippen LogP) is 4.39. The Hall–Kier alpha value is -3.51. The van der Waals surface area contributed by atoms with Crippen LogP contribution in [0.1, 0.15) is 24.1 Å². The van der Waals surface area contributed by atoms with Gasteiger partial charge >= 0.3 is 0 Å². The molecule has 1 saturated heterocycles. The summed E-state index contributed by atoms with van der Waals surface area (Å²) in [5, 5.41) is 3.17. The largest absolute Gasteiger partial charge is 0.381 e. The van der Waals surface area contributed by atoms with Gasteiger partial charge in [0.25, 0.3) is 0 Å². The van der Waals surface area contributed by atoms with Crippen LogP contribution in [-0.2, 0) is 14.9 Å². The number of amides is 1. The minimum absolute atomic E-state index is 0.00698. The Balaban J connectivity index is 1.47. The summed E-state index contributed by atoms with van der Waals surface area (Å²) in [4.78, 5) is 22.6. The molecule has 156 valence electrons. The van der Waals surface area contributed by atoms with Crippen molar-refractivity contribution in [3.63, 3.8) is 0 Å². The molecule has 1 N–H and O–H groups in total. The van der Waals surface area contributed by atoms with Crippen LogP contribution in [-0.4, -0.2) is 33.5 Å². The highest BCUT2D eigenvalue weighted by molar-refractivity contribution is 5.99. The van der Waals surface area contributed by atoms with Gasteiger partial charge in [0.1, 0.15) is 0 Å².